The smallest absolute Gasteiger partial charge is 0.143 e. The number of nitrogen functional groups attached to an aromatic ring is 1. The van der Waals surface area contributed by atoms with Gasteiger partial charge in [0, 0.05) is 13.1 Å². The van der Waals surface area contributed by atoms with Gasteiger partial charge in [0.05, 0.1) is 29.1 Å². The number of nitrogens with zero attached hydrogens (tertiary/aromatic N) is 2. The number of morpholine rings is 1. The molecule has 1 saturated heterocycles. The molecule has 0 radical (unpaired) electrons. The first-order valence-corrected chi connectivity index (χ1v) is 6.16. The number of aromatic nitrogens is 1. The Morgan fingerprint density at radius 1 is 1.62 bits per heavy atom. The first kappa shape index (κ1) is 11.7. The second kappa shape index (κ2) is 4.59. The molecule has 4 nitrogen and oxygen atoms in total. The first-order valence-electron chi connectivity index (χ1n) is 5.36. The van der Waals surface area contributed by atoms with E-state index in [1.807, 2.05) is 6.92 Å². The lowest BCUT2D eigenvalue weighted by Gasteiger charge is -2.32. The highest BCUT2D eigenvalue weighted by molar-refractivity contribution is 9.10. The van der Waals surface area contributed by atoms with Crippen molar-refractivity contribution in [1.82, 2.24) is 4.98 Å². The molecule has 1 unspecified atom stereocenters. The van der Waals surface area contributed by atoms with Crippen molar-refractivity contribution in [2.75, 3.05) is 30.3 Å². The molecule has 16 heavy (non-hydrogen) atoms. The molecule has 0 aromatic carbocycles. The highest BCUT2D eigenvalue weighted by atomic mass is 79.9. The predicted octanol–water partition coefficient (Wildman–Crippen LogP) is 1.96. The maximum atomic E-state index is 5.81. The minimum absolute atomic E-state index is 0.250. The fourth-order valence-electron chi connectivity index (χ4n) is 1.81. The Bertz CT molecular complexity index is 397. The maximum absolute atomic E-state index is 5.81. The quantitative estimate of drug-likeness (QED) is 0.857. The molecule has 1 fully saturated rings. The van der Waals surface area contributed by atoms with Crippen LogP contribution in [0.15, 0.2) is 10.7 Å². The number of hydrogen-bond donors (Lipinski definition) is 1. The third-order valence-corrected chi connectivity index (χ3v) is 3.77. The zero-order chi connectivity index (χ0) is 11.7. The number of hydrogen-bond acceptors (Lipinski definition) is 4. The summed E-state index contributed by atoms with van der Waals surface area (Å²) in [6, 6.07) is 0. The van der Waals surface area contributed by atoms with Gasteiger partial charge in [0.25, 0.3) is 0 Å². The van der Waals surface area contributed by atoms with E-state index in [1.54, 1.807) is 6.20 Å². The minimum Gasteiger partial charge on any atom is -0.397 e. The third-order valence-electron chi connectivity index (χ3n) is 2.83. The van der Waals surface area contributed by atoms with Crippen LogP contribution in [0.2, 0.25) is 0 Å². The van der Waals surface area contributed by atoms with Crippen LogP contribution in [0.25, 0.3) is 0 Å². The molecule has 0 aliphatic carbocycles. The normalized spacial score (nSPS) is 21.2. The highest BCUT2D eigenvalue weighted by Crippen LogP contribution is 2.31. The molecule has 0 amide bonds. The summed E-state index contributed by atoms with van der Waals surface area (Å²) < 4.78 is 6.50. The standard InChI is InChI=1S/C11H16BrN3O/c1-7-6-15(3-4-16-7)11-10(12)8(2)9(13)5-14-11/h5,7H,3-4,6,13H2,1-2H3. The van der Waals surface area contributed by atoms with Crippen molar-refractivity contribution in [1.29, 1.82) is 0 Å². The van der Waals surface area contributed by atoms with E-state index in [0.29, 0.717) is 0 Å². The number of rotatable bonds is 1. The zero-order valence-electron chi connectivity index (χ0n) is 9.53. The summed E-state index contributed by atoms with van der Waals surface area (Å²) in [6.45, 7) is 6.56. The van der Waals surface area contributed by atoms with E-state index in [9.17, 15) is 0 Å². The van der Waals surface area contributed by atoms with Crippen molar-refractivity contribution in [3.63, 3.8) is 0 Å². The Labute approximate surface area is 104 Å². The van der Waals surface area contributed by atoms with Crippen molar-refractivity contribution >= 4 is 27.4 Å². The van der Waals surface area contributed by atoms with Gasteiger partial charge in [0.15, 0.2) is 0 Å². The Balaban J connectivity index is 2.29. The number of anilines is 2. The maximum Gasteiger partial charge on any atom is 0.143 e. The molecular weight excluding hydrogens is 270 g/mol. The summed E-state index contributed by atoms with van der Waals surface area (Å²) in [6.07, 6.45) is 1.97. The number of ether oxygens (including phenoxy) is 1. The van der Waals surface area contributed by atoms with Crippen LogP contribution in [0, 0.1) is 6.92 Å². The van der Waals surface area contributed by atoms with Gasteiger partial charge in [-0.15, -0.1) is 0 Å². The van der Waals surface area contributed by atoms with Crippen LogP contribution >= 0.6 is 15.9 Å². The fraction of sp³-hybridized carbons (Fsp3) is 0.545. The number of nitrogens with two attached hydrogens (primary N) is 1. The Kier molecular flexibility index (Phi) is 3.35. The van der Waals surface area contributed by atoms with E-state index < -0.39 is 0 Å². The molecule has 2 heterocycles. The summed E-state index contributed by atoms with van der Waals surface area (Å²) in [5.74, 6) is 0.960. The van der Waals surface area contributed by atoms with Crippen LogP contribution in [0.3, 0.4) is 0 Å². The molecule has 1 aromatic rings. The van der Waals surface area contributed by atoms with E-state index >= 15 is 0 Å². The van der Waals surface area contributed by atoms with Gasteiger partial charge in [-0.2, -0.15) is 0 Å². The van der Waals surface area contributed by atoms with Gasteiger partial charge < -0.3 is 15.4 Å². The molecule has 1 aliphatic heterocycles. The van der Waals surface area contributed by atoms with Crippen molar-refractivity contribution in [2.45, 2.75) is 20.0 Å². The molecule has 1 atom stereocenters. The number of halogens is 1. The van der Waals surface area contributed by atoms with Crippen LogP contribution in [-0.4, -0.2) is 30.8 Å². The Hall–Kier alpha value is -0.810. The molecule has 2 N–H and O–H groups in total. The monoisotopic (exact) mass is 285 g/mol. The van der Waals surface area contributed by atoms with Crippen molar-refractivity contribution in [3.8, 4) is 0 Å². The summed E-state index contributed by atoms with van der Waals surface area (Å²) in [5, 5.41) is 0. The molecular formula is C11H16BrN3O. The van der Waals surface area contributed by atoms with Crippen LogP contribution in [0.5, 0.6) is 0 Å². The molecule has 1 aliphatic rings. The SMILES string of the molecule is Cc1c(N)cnc(N2CCOC(C)C2)c1Br. The van der Waals surface area contributed by atoms with Gasteiger partial charge in [-0.3, -0.25) is 0 Å². The predicted molar refractivity (Wildman–Crippen MR) is 68.7 cm³/mol. The van der Waals surface area contributed by atoms with Gasteiger partial charge in [-0.05, 0) is 35.3 Å². The molecule has 88 valence electrons. The topological polar surface area (TPSA) is 51.4 Å². The van der Waals surface area contributed by atoms with Gasteiger partial charge in [-0.1, -0.05) is 0 Å². The van der Waals surface area contributed by atoms with Crippen LogP contribution in [0.1, 0.15) is 12.5 Å². The van der Waals surface area contributed by atoms with Gasteiger partial charge in [0.2, 0.25) is 0 Å². The van der Waals surface area contributed by atoms with Crippen molar-refractivity contribution in [2.24, 2.45) is 0 Å². The van der Waals surface area contributed by atoms with Gasteiger partial charge >= 0.3 is 0 Å². The lowest BCUT2D eigenvalue weighted by Crippen LogP contribution is -2.41. The van der Waals surface area contributed by atoms with Crippen LogP contribution in [0.4, 0.5) is 11.5 Å². The second-order valence-corrected chi connectivity index (χ2v) is 4.90. The Morgan fingerprint density at radius 3 is 3.06 bits per heavy atom. The van der Waals surface area contributed by atoms with E-state index in [0.717, 1.165) is 41.2 Å². The van der Waals surface area contributed by atoms with E-state index in [-0.39, 0.29) is 6.10 Å². The third kappa shape index (κ3) is 2.15. The lowest BCUT2D eigenvalue weighted by atomic mass is 10.2. The van der Waals surface area contributed by atoms with E-state index in [2.05, 4.69) is 32.7 Å². The van der Waals surface area contributed by atoms with Crippen molar-refractivity contribution < 1.29 is 4.74 Å². The lowest BCUT2D eigenvalue weighted by molar-refractivity contribution is 0.0529. The van der Waals surface area contributed by atoms with Crippen LogP contribution in [-0.2, 0) is 4.74 Å². The molecule has 5 heteroatoms. The molecule has 0 bridgehead atoms. The molecule has 0 saturated carbocycles. The molecule has 0 spiro atoms. The molecule has 1 aromatic heterocycles. The van der Waals surface area contributed by atoms with E-state index in [4.69, 9.17) is 10.5 Å². The zero-order valence-corrected chi connectivity index (χ0v) is 11.1. The summed E-state index contributed by atoms with van der Waals surface area (Å²) in [4.78, 5) is 6.62. The summed E-state index contributed by atoms with van der Waals surface area (Å²) in [5.41, 5.74) is 7.58. The average molecular weight is 286 g/mol. The van der Waals surface area contributed by atoms with Gasteiger partial charge in [0.1, 0.15) is 5.82 Å². The first-order chi connectivity index (χ1) is 7.59. The number of pyridine rings is 1. The fourth-order valence-corrected chi connectivity index (χ4v) is 2.39. The largest absolute Gasteiger partial charge is 0.397 e. The molecule has 2 rings (SSSR count). The average Bonchev–Trinajstić information content (AvgIpc) is 2.26. The van der Waals surface area contributed by atoms with Crippen molar-refractivity contribution in [3.05, 3.63) is 16.2 Å². The van der Waals surface area contributed by atoms with Gasteiger partial charge in [-0.25, -0.2) is 4.98 Å². The second-order valence-electron chi connectivity index (χ2n) is 4.10. The summed E-state index contributed by atoms with van der Waals surface area (Å²) in [7, 11) is 0. The highest BCUT2D eigenvalue weighted by Gasteiger charge is 2.20. The van der Waals surface area contributed by atoms with E-state index in [1.165, 1.54) is 0 Å². The van der Waals surface area contributed by atoms with Crippen LogP contribution < -0.4 is 10.6 Å². The minimum atomic E-state index is 0.250. The Morgan fingerprint density at radius 2 is 2.38 bits per heavy atom. The summed E-state index contributed by atoms with van der Waals surface area (Å²) >= 11 is 3.56.